The van der Waals surface area contributed by atoms with E-state index in [-0.39, 0.29) is 85.8 Å². The maximum Gasteiger partial charge on any atom is 0.425 e. The van der Waals surface area contributed by atoms with Gasteiger partial charge in [-0.25, -0.2) is 15.2 Å². The van der Waals surface area contributed by atoms with E-state index in [0.29, 0.717) is 11.4 Å². The number of ketones is 1. The number of methoxy groups -OCH3 is 1. The van der Waals surface area contributed by atoms with Gasteiger partial charge in [0.05, 0.1) is 13.2 Å². The van der Waals surface area contributed by atoms with Crippen molar-refractivity contribution in [2.24, 2.45) is 29.6 Å². The minimum absolute atomic E-state index is 0.00341. The van der Waals surface area contributed by atoms with Crippen LogP contribution in [0.3, 0.4) is 0 Å². The number of amides is 4. The first-order valence-corrected chi connectivity index (χ1v) is 23.2. The van der Waals surface area contributed by atoms with Gasteiger partial charge in [0, 0.05) is 55.5 Å². The van der Waals surface area contributed by atoms with Crippen molar-refractivity contribution in [1.29, 1.82) is 0 Å². The van der Waals surface area contributed by atoms with E-state index in [1.165, 1.54) is 29.3 Å². The van der Waals surface area contributed by atoms with Crippen LogP contribution in [-0.2, 0) is 44.6 Å². The zero-order valence-corrected chi connectivity index (χ0v) is 40.0. The van der Waals surface area contributed by atoms with Gasteiger partial charge in [0.25, 0.3) is 5.91 Å². The Bertz CT molecular complexity index is 1870. The quantitative estimate of drug-likeness (QED) is 0.0429. The fraction of sp³-hybridized carbons (Fsp3) is 0.652. The number of likely N-dealkylation sites (tertiary alicyclic amines) is 1. The molecule has 0 aliphatic carbocycles. The Balaban J connectivity index is 1.96. The van der Waals surface area contributed by atoms with Crippen molar-refractivity contribution in [3.8, 4) is 5.75 Å². The molecule has 2 heterocycles. The number of carbonyl (C=O) groups is 7. The van der Waals surface area contributed by atoms with Crippen molar-refractivity contribution in [3.63, 3.8) is 0 Å². The highest BCUT2D eigenvalue weighted by molar-refractivity contribution is 7.09. The number of likely N-dealkylation sites (N-methyl/N-ethyl adjacent to an activating group) is 1. The van der Waals surface area contributed by atoms with Gasteiger partial charge in [-0.1, -0.05) is 73.4 Å². The Morgan fingerprint density at radius 2 is 1.66 bits per heavy atom. The van der Waals surface area contributed by atoms with Crippen molar-refractivity contribution in [3.05, 3.63) is 45.9 Å². The minimum atomic E-state index is -1.02. The van der Waals surface area contributed by atoms with Crippen LogP contribution in [0.5, 0.6) is 5.75 Å². The summed E-state index contributed by atoms with van der Waals surface area (Å²) in [5.74, 6) is -4.24. The van der Waals surface area contributed by atoms with Crippen LogP contribution in [0.25, 0.3) is 0 Å². The molecule has 4 N–H and O–H groups in total. The lowest BCUT2D eigenvalue weighted by Crippen LogP contribution is -2.50. The number of thiazole rings is 1. The third-order valence-corrected chi connectivity index (χ3v) is 12.6. The number of phenolic OH excluding ortho intramolecular Hbond substituents is 1. The molecule has 17 nitrogen and oxygen atoms in total. The number of Topliss-reactive ketones (excluding diaryl/α,β-unsaturated/α-hetero) is 1. The Hall–Kier alpha value is -5.10. The summed E-state index contributed by atoms with van der Waals surface area (Å²) in [6.45, 7) is 14.9. The molecule has 356 valence electrons. The molecule has 2 aromatic rings. The van der Waals surface area contributed by atoms with Gasteiger partial charge in [-0.2, -0.15) is 0 Å². The molecule has 7 atom stereocenters. The second-order valence-corrected chi connectivity index (χ2v) is 18.6. The monoisotopic (exact) mass is 914 g/mol. The number of aromatic nitrogens is 1. The molecular formula is C46H70N6O11S. The standard InChI is InChI=1S/C46H70N6O11S/c1-11-29(6)35(23-39(55)37-14-12-13-19-51(37)9)45(59)52(26-62-41(56)20-27(2)3)38(28(4)5)24-40(63-31(8)53)44-48-36(25-64-44)43(58)47-33(22-32-15-17-34(54)18-16-32)21-30(7)42(57)49-50-46(60)61-10/h15-18,25,27-30,33,35,37-38,40,54H,11-14,19-24,26H2,1-10H3,(H,47,58)(H,49,57)(H,50,60)/t29?,30-,33+,35-,37+,38+,40+/m0/s1. The summed E-state index contributed by atoms with van der Waals surface area (Å²) >= 11 is 1.10. The molecule has 18 heteroatoms. The molecule has 1 unspecified atom stereocenters. The van der Waals surface area contributed by atoms with Gasteiger partial charge in [0.15, 0.2) is 18.6 Å². The smallest absolute Gasteiger partial charge is 0.425 e. The number of esters is 2. The van der Waals surface area contributed by atoms with Crippen LogP contribution in [0.1, 0.15) is 134 Å². The highest BCUT2D eigenvalue weighted by Gasteiger charge is 2.40. The van der Waals surface area contributed by atoms with Crippen molar-refractivity contribution < 1.29 is 52.9 Å². The normalized spacial score (nSPS) is 17.0. The van der Waals surface area contributed by atoms with Crippen LogP contribution < -0.4 is 16.2 Å². The first-order valence-electron chi connectivity index (χ1n) is 22.3. The fourth-order valence-corrected chi connectivity index (χ4v) is 8.67. The second kappa shape index (κ2) is 26.0. The molecule has 0 bridgehead atoms. The van der Waals surface area contributed by atoms with Crippen molar-refractivity contribution in [2.75, 3.05) is 27.4 Å². The van der Waals surface area contributed by atoms with Crippen molar-refractivity contribution in [1.82, 2.24) is 31.0 Å². The van der Waals surface area contributed by atoms with Crippen LogP contribution in [0, 0.1) is 29.6 Å². The Morgan fingerprint density at radius 3 is 2.25 bits per heavy atom. The number of phenols is 1. The van der Waals surface area contributed by atoms with Gasteiger partial charge in [-0.05, 0) is 74.7 Å². The average molecular weight is 915 g/mol. The predicted molar refractivity (Wildman–Crippen MR) is 240 cm³/mol. The largest absolute Gasteiger partial charge is 0.508 e. The van der Waals surface area contributed by atoms with E-state index in [1.54, 1.807) is 19.1 Å². The minimum Gasteiger partial charge on any atom is -0.508 e. The summed E-state index contributed by atoms with van der Waals surface area (Å²) in [6, 6.07) is 4.87. The van der Waals surface area contributed by atoms with Gasteiger partial charge in [-0.15, -0.1) is 11.3 Å². The Labute approximate surface area is 381 Å². The Morgan fingerprint density at radius 1 is 0.969 bits per heavy atom. The molecule has 1 saturated heterocycles. The van der Waals surface area contributed by atoms with Crippen LogP contribution in [0.2, 0.25) is 0 Å². The summed E-state index contributed by atoms with van der Waals surface area (Å²) in [4.78, 5) is 101. The molecule has 1 fully saturated rings. The molecular weight excluding hydrogens is 845 g/mol. The number of nitrogens with one attached hydrogen (secondary N) is 3. The van der Waals surface area contributed by atoms with Gasteiger partial charge in [-0.3, -0.25) is 39.1 Å². The van der Waals surface area contributed by atoms with Crippen LogP contribution in [-0.4, -0.2) is 107 Å². The zero-order chi connectivity index (χ0) is 47.7. The zero-order valence-electron chi connectivity index (χ0n) is 39.1. The lowest BCUT2D eigenvalue weighted by molar-refractivity contribution is -0.162. The number of carbonyl (C=O) groups excluding carboxylic acids is 7. The lowest BCUT2D eigenvalue weighted by Gasteiger charge is -2.39. The molecule has 0 radical (unpaired) electrons. The molecule has 0 spiro atoms. The Kier molecular flexibility index (Phi) is 21.6. The number of hydrogen-bond acceptors (Lipinski definition) is 14. The highest BCUT2D eigenvalue weighted by Crippen LogP contribution is 2.34. The third-order valence-electron chi connectivity index (χ3n) is 11.7. The van der Waals surface area contributed by atoms with Crippen molar-refractivity contribution in [2.45, 2.75) is 137 Å². The topological polar surface area (TPSA) is 223 Å². The molecule has 4 amide bonds. The summed E-state index contributed by atoms with van der Waals surface area (Å²) < 4.78 is 16.1. The first kappa shape index (κ1) is 53.2. The van der Waals surface area contributed by atoms with Gasteiger partial charge >= 0.3 is 18.0 Å². The van der Waals surface area contributed by atoms with Crippen LogP contribution >= 0.6 is 11.3 Å². The summed E-state index contributed by atoms with van der Waals surface area (Å²) in [6.07, 6.45) is 2.08. The molecule has 1 aromatic heterocycles. The van der Waals surface area contributed by atoms with E-state index in [4.69, 9.17) is 9.47 Å². The predicted octanol–water partition coefficient (Wildman–Crippen LogP) is 6.10. The van der Waals surface area contributed by atoms with E-state index in [2.05, 4.69) is 30.8 Å². The summed E-state index contributed by atoms with van der Waals surface area (Å²) in [5.41, 5.74) is 5.23. The van der Waals surface area contributed by atoms with E-state index in [0.717, 1.165) is 49.8 Å². The van der Waals surface area contributed by atoms with E-state index in [1.807, 2.05) is 48.6 Å². The van der Waals surface area contributed by atoms with E-state index < -0.39 is 59.9 Å². The molecule has 1 aliphatic heterocycles. The summed E-state index contributed by atoms with van der Waals surface area (Å²) in [5, 5.41) is 14.6. The number of hydrazine groups is 1. The van der Waals surface area contributed by atoms with Gasteiger partial charge < -0.3 is 29.5 Å². The SMILES string of the molecule is CCC(C)[C@H](CC(=O)[C@H]1CCCCN1C)C(=O)N(COC(=O)CC(C)C)[C@H](C[C@@H](OC(C)=O)c1nc(C(=O)N[C@@H](Cc2ccc(O)cc2)C[C@H](C)C(=O)NNC(=O)OC)cs1)C(C)C. The molecule has 1 aliphatic rings. The molecule has 1 aromatic carbocycles. The maximum atomic E-state index is 14.9. The third kappa shape index (κ3) is 16.8. The number of ether oxygens (including phenoxy) is 3. The highest BCUT2D eigenvalue weighted by atomic mass is 32.1. The number of rotatable bonds is 23. The average Bonchev–Trinajstić information content (AvgIpc) is 3.74. The van der Waals surface area contributed by atoms with Gasteiger partial charge in [0.2, 0.25) is 11.8 Å². The number of piperidine rings is 1. The van der Waals surface area contributed by atoms with Crippen molar-refractivity contribution >= 4 is 52.9 Å². The lowest BCUT2D eigenvalue weighted by atomic mass is 9.82. The fourth-order valence-electron chi connectivity index (χ4n) is 7.83. The number of nitrogens with zero attached hydrogens (tertiary/aromatic N) is 3. The van der Waals surface area contributed by atoms with E-state index >= 15 is 0 Å². The van der Waals surface area contributed by atoms with Gasteiger partial charge in [0.1, 0.15) is 16.5 Å². The number of hydrogen-bond donors (Lipinski definition) is 4. The summed E-state index contributed by atoms with van der Waals surface area (Å²) in [7, 11) is 3.09. The van der Waals surface area contributed by atoms with E-state index in [9.17, 15) is 38.7 Å². The molecule has 64 heavy (non-hydrogen) atoms. The molecule has 0 saturated carbocycles. The first-order chi connectivity index (χ1) is 30.2. The van der Waals surface area contributed by atoms with Crippen LogP contribution in [0.4, 0.5) is 4.79 Å². The maximum absolute atomic E-state index is 14.9. The second-order valence-electron chi connectivity index (χ2n) is 17.7. The number of benzene rings is 1. The number of aromatic hydroxyl groups is 1. The molecule has 3 rings (SSSR count). The van der Waals surface area contributed by atoms with Crippen LogP contribution in [0.15, 0.2) is 29.6 Å².